The molecule has 0 atom stereocenters. The molecule has 0 spiro atoms. The Balaban J connectivity index is 2.74. The first-order chi connectivity index (χ1) is 10.2. The normalized spacial score (nSPS) is 10.6. The first-order valence-corrected chi connectivity index (χ1v) is 8.14. The largest absolute Gasteiger partial charge is 0.504 e. The zero-order chi connectivity index (χ0) is 15.7. The zero-order valence-electron chi connectivity index (χ0n) is 13.9. The lowest BCUT2D eigenvalue weighted by Gasteiger charge is -2.16. The standard InChI is InChI=1S/C19H30O2/c1-5-7-8-9-10-11-13-17-15(3)19(20)18(21-4)14-16(17)12-6-2/h6,14,20H,2,5,7-13H2,1,3-4H3. The van der Waals surface area contributed by atoms with Crippen molar-refractivity contribution < 1.29 is 9.84 Å². The fourth-order valence-electron chi connectivity index (χ4n) is 2.81. The molecule has 0 aromatic heterocycles. The summed E-state index contributed by atoms with van der Waals surface area (Å²) in [5.41, 5.74) is 3.45. The summed E-state index contributed by atoms with van der Waals surface area (Å²) >= 11 is 0. The van der Waals surface area contributed by atoms with Crippen molar-refractivity contribution in [1.29, 1.82) is 0 Å². The van der Waals surface area contributed by atoms with Crippen LogP contribution < -0.4 is 4.74 Å². The first kappa shape index (κ1) is 17.6. The van der Waals surface area contributed by atoms with Crippen molar-refractivity contribution in [3.05, 3.63) is 35.4 Å². The second-order valence-corrected chi connectivity index (χ2v) is 5.70. The van der Waals surface area contributed by atoms with Gasteiger partial charge in [-0.05, 0) is 48.9 Å². The second-order valence-electron chi connectivity index (χ2n) is 5.70. The second kappa shape index (κ2) is 9.49. The first-order valence-electron chi connectivity index (χ1n) is 8.14. The molecule has 2 nitrogen and oxygen atoms in total. The molecule has 2 heteroatoms. The van der Waals surface area contributed by atoms with Gasteiger partial charge in [0, 0.05) is 0 Å². The molecule has 0 aliphatic carbocycles. The van der Waals surface area contributed by atoms with Gasteiger partial charge in [0.25, 0.3) is 0 Å². The summed E-state index contributed by atoms with van der Waals surface area (Å²) in [4.78, 5) is 0. The maximum atomic E-state index is 10.2. The smallest absolute Gasteiger partial charge is 0.161 e. The molecule has 21 heavy (non-hydrogen) atoms. The van der Waals surface area contributed by atoms with Crippen LogP contribution in [0.4, 0.5) is 0 Å². The lowest BCUT2D eigenvalue weighted by molar-refractivity contribution is 0.370. The van der Waals surface area contributed by atoms with Crippen molar-refractivity contribution in [2.45, 2.75) is 65.2 Å². The molecule has 0 fully saturated rings. The SMILES string of the molecule is C=CCc1cc(OC)c(O)c(C)c1CCCCCCCC. The van der Waals surface area contributed by atoms with Crippen LogP contribution in [0.2, 0.25) is 0 Å². The van der Waals surface area contributed by atoms with Gasteiger partial charge < -0.3 is 9.84 Å². The molecule has 0 aliphatic rings. The fraction of sp³-hybridized carbons (Fsp3) is 0.579. The van der Waals surface area contributed by atoms with Gasteiger partial charge in [0.05, 0.1) is 7.11 Å². The Bertz CT molecular complexity index is 449. The van der Waals surface area contributed by atoms with E-state index in [4.69, 9.17) is 4.74 Å². The van der Waals surface area contributed by atoms with Gasteiger partial charge in [-0.2, -0.15) is 0 Å². The summed E-state index contributed by atoms with van der Waals surface area (Å²) in [6, 6.07) is 1.95. The number of benzene rings is 1. The zero-order valence-corrected chi connectivity index (χ0v) is 13.9. The Kier molecular flexibility index (Phi) is 7.96. The van der Waals surface area contributed by atoms with Gasteiger partial charge in [-0.3, -0.25) is 0 Å². The molecule has 0 saturated carbocycles. The van der Waals surface area contributed by atoms with Crippen molar-refractivity contribution in [2.75, 3.05) is 7.11 Å². The Morgan fingerprint density at radius 3 is 2.48 bits per heavy atom. The molecule has 0 saturated heterocycles. The summed E-state index contributed by atoms with van der Waals surface area (Å²) in [5.74, 6) is 0.849. The summed E-state index contributed by atoms with van der Waals surface area (Å²) in [6.07, 6.45) is 11.5. The van der Waals surface area contributed by atoms with E-state index in [1.807, 2.05) is 19.1 Å². The van der Waals surface area contributed by atoms with Crippen LogP contribution in [-0.4, -0.2) is 12.2 Å². The minimum Gasteiger partial charge on any atom is -0.504 e. The van der Waals surface area contributed by atoms with E-state index in [0.717, 1.165) is 18.4 Å². The van der Waals surface area contributed by atoms with Crippen molar-refractivity contribution in [1.82, 2.24) is 0 Å². The predicted octanol–water partition coefficient (Wildman–Crippen LogP) is 5.34. The van der Waals surface area contributed by atoms with E-state index in [-0.39, 0.29) is 5.75 Å². The van der Waals surface area contributed by atoms with Crippen molar-refractivity contribution in [3.63, 3.8) is 0 Å². The van der Waals surface area contributed by atoms with Crippen LogP contribution in [0.25, 0.3) is 0 Å². The van der Waals surface area contributed by atoms with Crippen LogP contribution in [0, 0.1) is 6.92 Å². The molecule has 0 heterocycles. The van der Waals surface area contributed by atoms with Gasteiger partial charge in [0.15, 0.2) is 11.5 Å². The third kappa shape index (κ3) is 5.11. The molecular formula is C19H30O2. The van der Waals surface area contributed by atoms with E-state index in [1.54, 1.807) is 7.11 Å². The number of hydrogen-bond acceptors (Lipinski definition) is 2. The topological polar surface area (TPSA) is 29.5 Å². The molecule has 0 amide bonds. The quantitative estimate of drug-likeness (QED) is 0.465. The van der Waals surface area contributed by atoms with Gasteiger partial charge in [-0.15, -0.1) is 6.58 Å². The van der Waals surface area contributed by atoms with Crippen molar-refractivity contribution in [2.24, 2.45) is 0 Å². The maximum absolute atomic E-state index is 10.2. The number of aromatic hydroxyl groups is 1. The Morgan fingerprint density at radius 1 is 1.19 bits per heavy atom. The Hall–Kier alpha value is -1.44. The molecule has 0 bridgehead atoms. The predicted molar refractivity (Wildman–Crippen MR) is 90.4 cm³/mol. The van der Waals surface area contributed by atoms with Crippen LogP contribution in [0.15, 0.2) is 18.7 Å². The van der Waals surface area contributed by atoms with Crippen LogP contribution in [0.1, 0.15) is 62.1 Å². The minimum atomic E-state index is 0.284. The average molecular weight is 290 g/mol. The molecule has 1 aromatic rings. The van der Waals surface area contributed by atoms with E-state index in [0.29, 0.717) is 5.75 Å². The van der Waals surface area contributed by atoms with Gasteiger partial charge >= 0.3 is 0 Å². The molecule has 0 unspecified atom stereocenters. The average Bonchev–Trinajstić information content (AvgIpc) is 2.49. The van der Waals surface area contributed by atoms with Crippen LogP contribution in [-0.2, 0) is 12.8 Å². The highest BCUT2D eigenvalue weighted by molar-refractivity contribution is 5.53. The number of phenolic OH excluding ortho intramolecular Hbond substituents is 1. The molecular weight excluding hydrogens is 260 g/mol. The van der Waals surface area contributed by atoms with Gasteiger partial charge in [0.1, 0.15) is 0 Å². The highest BCUT2D eigenvalue weighted by atomic mass is 16.5. The lowest BCUT2D eigenvalue weighted by atomic mass is 9.93. The Labute approximate surface area is 129 Å². The summed E-state index contributed by atoms with van der Waals surface area (Å²) in [6.45, 7) is 8.06. The summed E-state index contributed by atoms with van der Waals surface area (Å²) in [5, 5.41) is 10.2. The maximum Gasteiger partial charge on any atom is 0.161 e. The van der Waals surface area contributed by atoms with Crippen LogP contribution in [0.3, 0.4) is 0 Å². The highest BCUT2D eigenvalue weighted by Gasteiger charge is 2.14. The number of allylic oxidation sites excluding steroid dienone is 1. The number of ether oxygens (including phenoxy) is 1. The number of rotatable bonds is 10. The molecule has 118 valence electrons. The summed E-state index contributed by atoms with van der Waals surface area (Å²) < 4.78 is 5.25. The van der Waals surface area contributed by atoms with Crippen LogP contribution >= 0.6 is 0 Å². The number of phenols is 1. The molecule has 1 rings (SSSR count). The third-order valence-electron chi connectivity index (χ3n) is 4.10. The number of unbranched alkanes of at least 4 members (excludes halogenated alkanes) is 5. The van der Waals surface area contributed by atoms with Crippen LogP contribution in [0.5, 0.6) is 11.5 Å². The number of methoxy groups -OCH3 is 1. The van der Waals surface area contributed by atoms with Crippen molar-refractivity contribution >= 4 is 0 Å². The van der Waals surface area contributed by atoms with Gasteiger partial charge in [0.2, 0.25) is 0 Å². The minimum absolute atomic E-state index is 0.284. The molecule has 1 N–H and O–H groups in total. The van der Waals surface area contributed by atoms with E-state index in [1.165, 1.54) is 49.7 Å². The fourth-order valence-corrected chi connectivity index (χ4v) is 2.81. The Morgan fingerprint density at radius 2 is 1.86 bits per heavy atom. The van der Waals surface area contributed by atoms with E-state index < -0.39 is 0 Å². The third-order valence-corrected chi connectivity index (χ3v) is 4.10. The van der Waals surface area contributed by atoms with E-state index in [9.17, 15) is 5.11 Å². The van der Waals surface area contributed by atoms with E-state index >= 15 is 0 Å². The lowest BCUT2D eigenvalue weighted by Crippen LogP contribution is -2.00. The van der Waals surface area contributed by atoms with Gasteiger partial charge in [-0.1, -0.05) is 45.1 Å². The number of hydrogen-bond donors (Lipinski definition) is 1. The van der Waals surface area contributed by atoms with E-state index in [2.05, 4.69) is 13.5 Å². The molecule has 1 aromatic carbocycles. The molecule has 0 aliphatic heterocycles. The van der Waals surface area contributed by atoms with Crippen molar-refractivity contribution in [3.8, 4) is 11.5 Å². The summed E-state index contributed by atoms with van der Waals surface area (Å²) in [7, 11) is 1.60. The highest BCUT2D eigenvalue weighted by Crippen LogP contribution is 2.35. The van der Waals surface area contributed by atoms with Gasteiger partial charge in [-0.25, -0.2) is 0 Å². The molecule has 0 radical (unpaired) electrons. The monoisotopic (exact) mass is 290 g/mol.